The van der Waals surface area contributed by atoms with E-state index in [1.807, 2.05) is 12.1 Å². The molecular formula is C9H8BrCl2NO. The van der Waals surface area contributed by atoms with E-state index < -0.39 is 11.3 Å². The Kier molecular flexibility index (Phi) is 4.23. The van der Waals surface area contributed by atoms with E-state index >= 15 is 0 Å². The topological polar surface area (TPSA) is 43.1 Å². The molecule has 76 valence electrons. The molecule has 0 heterocycles. The normalized spacial score (nSPS) is 12.5. The molecule has 1 aromatic carbocycles. The fourth-order valence-electron chi connectivity index (χ4n) is 0.974. The predicted octanol–water partition coefficient (Wildman–Crippen LogP) is 2.74. The first-order valence-electron chi connectivity index (χ1n) is 3.88. The van der Waals surface area contributed by atoms with Gasteiger partial charge in [0, 0.05) is 4.47 Å². The monoisotopic (exact) mass is 295 g/mol. The fraction of sp³-hybridized carbons (Fsp3) is 0.222. The maximum absolute atomic E-state index is 10.7. The molecule has 0 spiro atoms. The first-order chi connectivity index (χ1) is 6.50. The second kappa shape index (κ2) is 5.01. The van der Waals surface area contributed by atoms with Crippen LogP contribution in [0.15, 0.2) is 22.7 Å². The van der Waals surface area contributed by atoms with Crippen molar-refractivity contribution in [2.45, 2.75) is 11.8 Å². The van der Waals surface area contributed by atoms with Gasteiger partial charge in [0.2, 0.25) is 5.91 Å². The third kappa shape index (κ3) is 3.15. The standard InChI is InChI=1S/C9H8BrCl2NO/c10-6-2-1-5(3-7(6)11)4-8(12)9(13)14/h1-3,8H,4H2,(H2,13,14). The summed E-state index contributed by atoms with van der Waals surface area (Å²) in [7, 11) is 0. The Morgan fingerprint density at radius 1 is 1.57 bits per heavy atom. The van der Waals surface area contributed by atoms with Crippen molar-refractivity contribution in [3.05, 3.63) is 33.3 Å². The molecule has 0 saturated heterocycles. The Balaban J connectivity index is 2.78. The van der Waals surface area contributed by atoms with Crippen LogP contribution in [0.25, 0.3) is 0 Å². The molecule has 1 amide bonds. The van der Waals surface area contributed by atoms with Gasteiger partial charge in [0.1, 0.15) is 5.38 Å². The fourth-order valence-corrected chi connectivity index (χ4v) is 1.60. The van der Waals surface area contributed by atoms with Gasteiger partial charge in [0.15, 0.2) is 0 Å². The number of carbonyl (C=O) groups is 1. The van der Waals surface area contributed by atoms with Crippen LogP contribution >= 0.6 is 39.1 Å². The summed E-state index contributed by atoms with van der Waals surface area (Å²) < 4.78 is 0.813. The van der Waals surface area contributed by atoms with Crippen LogP contribution in [0.5, 0.6) is 0 Å². The minimum atomic E-state index is -0.688. The summed E-state index contributed by atoms with van der Waals surface area (Å²) in [4.78, 5) is 10.7. The predicted molar refractivity (Wildman–Crippen MR) is 61.7 cm³/mol. The highest BCUT2D eigenvalue weighted by Gasteiger charge is 2.12. The lowest BCUT2D eigenvalue weighted by molar-refractivity contribution is -0.117. The molecule has 0 aliphatic carbocycles. The Hall–Kier alpha value is -0.250. The number of amides is 1. The van der Waals surface area contributed by atoms with Crippen molar-refractivity contribution in [3.63, 3.8) is 0 Å². The van der Waals surface area contributed by atoms with Gasteiger partial charge in [-0.3, -0.25) is 4.79 Å². The second-order valence-corrected chi connectivity index (χ2v) is 4.61. The van der Waals surface area contributed by atoms with Crippen molar-refractivity contribution < 1.29 is 4.79 Å². The third-order valence-corrected chi connectivity index (χ3v) is 3.31. The molecule has 1 aromatic rings. The minimum absolute atomic E-state index is 0.393. The molecule has 5 heteroatoms. The highest BCUT2D eigenvalue weighted by molar-refractivity contribution is 9.10. The average molecular weight is 297 g/mol. The molecule has 2 N–H and O–H groups in total. The number of hydrogen-bond donors (Lipinski definition) is 1. The maximum atomic E-state index is 10.7. The molecule has 0 aliphatic heterocycles. The van der Waals surface area contributed by atoms with Gasteiger partial charge >= 0.3 is 0 Å². The summed E-state index contributed by atoms with van der Waals surface area (Å²) in [5.41, 5.74) is 5.92. The molecule has 0 radical (unpaired) electrons. The van der Waals surface area contributed by atoms with Crippen LogP contribution in [-0.2, 0) is 11.2 Å². The third-order valence-electron chi connectivity index (χ3n) is 1.71. The Morgan fingerprint density at radius 3 is 2.71 bits per heavy atom. The Labute approximate surface area is 101 Å². The zero-order valence-electron chi connectivity index (χ0n) is 7.14. The number of alkyl halides is 1. The average Bonchev–Trinajstić information content (AvgIpc) is 2.11. The second-order valence-electron chi connectivity index (χ2n) is 2.82. The summed E-state index contributed by atoms with van der Waals surface area (Å²) >= 11 is 14.9. The lowest BCUT2D eigenvalue weighted by Crippen LogP contribution is -2.25. The lowest BCUT2D eigenvalue weighted by Gasteiger charge is -2.06. The van der Waals surface area contributed by atoms with E-state index in [1.165, 1.54) is 0 Å². The van der Waals surface area contributed by atoms with Gasteiger partial charge in [0.25, 0.3) is 0 Å². The molecule has 0 aromatic heterocycles. The van der Waals surface area contributed by atoms with Gasteiger partial charge in [0.05, 0.1) is 5.02 Å². The summed E-state index contributed by atoms with van der Waals surface area (Å²) in [5.74, 6) is -0.522. The number of halogens is 3. The van der Waals surface area contributed by atoms with E-state index in [4.69, 9.17) is 28.9 Å². The van der Waals surface area contributed by atoms with E-state index in [-0.39, 0.29) is 0 Å². The first-order valence-corrected chi connectivity index (χ1v) is 5.48. The zero-order chi connectivity index (χ0) is 10.7. The van der Waals surface area contributed by atoms with E-state index in [1.54, 1.807) is 6.07 Å². The van der Waals surface area contributed by atoms with Crippen LogP contribution in [0.1, 0.15) is 5.56 Å². The molecular weight excluding hydrogens is 289 g/mol. The molecule has 14 heavy (non-hydrogen) atoms. The molecule has 2 nitrogen and oxygen atoms in total. The number of benzene rings is 1. The highest BCUT2D eigenvalue weighted by atomic mass is 79.9. The van der Waals surface area contributed by atoms with Crippen molar-refractivity contribution in [2.24, 2.45) is 5.73 Å². The SMILES string of the molecule is NC(=O)C(Cl)Cc1ccc(Br)c(Cl)c1. The van der Waals surface area contributed by atoms with Gasteiger partial charge in [-0.25, -0.2) is 0 Å². The lowest BCUT2D eigenvalue weighted by atomic mass is 10.1. The van der Waals surface area contributed by atoms with Gasteiger partial charge in [-0.05, 0) is 40.0 Å². The first kappa shape index (κ1) is 11.8. The smallest absolute Gasteiger partial charge is 0.235 e. The molecule has 0 aliphatic rings. The van der Waals surface area contributed by atoms with Gasteiger partial charge < -0.3 is 5.73 Å². The molecule has 0 saturated carbocycles. The number of rotatable bonds is 3. The molecule has 1 unspecified atom stereocenters. The summed E-state index contributed by atoms with van der Waals surface area (Å²) in [6.07, 6.45) is 0.393. The van der Waals surface area contributed by atoms with Crippen LogP contribution in [0, 0.1) is 0 Å². The minimum Gasteiger partial charge on any atom is -0.368 e. The van der Waals surface area contributed by atoms with Crippen LogP contribution in [0.3, 0.4) is 0 Å². The van der Waals surface area contributed by atoms with Gasteiger partial charge in [-0.2, -0.15) is 0 Å². The van der Waals surface area contributed by atoms with Crippen molar-refractivity contribution in [2.75, 3.05) is 0 Å². The molecule has 1 atom stereocenters. The van der Waals surface area contributed by atoms with E-state index in [2.05, 4.69) is 15.9 Å². The summed E-state index contributed by atoms with van der Waals surface area (Å²) in [6.45, 7) is 0. The largest absolute Gasteiger partial charge is 0.368 e. The molecule has 0 fully saturated rings. The zero-order valence-corrected chi connectivity index (χ0v) is 10.2. The van der Waals surface area contributed by atoms with Crippen molar-refractivity contribution >= 4 is 45.0 Å². The summed E-state index contributed by atoms with van der Waals surface area (Å²) in [5, 5.41) is -0.0944. The van der Waals surface area contributed by atoms with E-state index in [9.17, 15) is 4.79 Å². The van der Waals surface area contributed by atoms with Gasteiger partial charge in [-0.1, -0.05) is 17.7 Å². The summed E-state index contributed by atoms with van der Waals surface area (Å²) in [6, 6.07) is 5.40. The number of carbonyl (C=O) groups excluding carboxylic acids is 1. The van der Waals surface area contributed by atoms with E-state index in [0.29, 0.717) is 11.4 Å². The Morgan fingerprint density at radius 2 is 2.21 bits per heavy atom. The number of primary amides is 1. The number of nitrogens with two attached hydrogens (primary N) is 1. The van der Waals surface area contributed by atoms with Gasteiger partial charge in [-0.15, -0.1) is 11.6 Å². The number of hydrogen-bond acceptors (Lipinski definition) is 1. The van der Waals surface area contributed by atoms with Crippen LogP contribution in [0.2, 0.25) is 5.02 Å². The molecule has 1 rings (SSSR count). The molecule has 0 bridgehead atoms. The van der Waals surface area contributed by atoms with Crippen molar-refractivity contribution in [1.82, 2.24) is 0 Å². The van der Waals surface area contributed by atoms with Crippen molar-refractivity contribution in [1.29, 1.82) is 0 Å². The maximum Gasteiger partial charge on any atom is 0.235 e. The van der Waals surface area contributed by atoms with Crippen LogP contribution in [-0.4, -0.2) is 11.3 Å². The van der Waals surface area contributed by atoms with Crippen molar-refractivity contribution in [3.8, 4) is 0 Å². The van der Waals surface area contributed by atoms with Crippen LogP contribution in [0.4, 0.5) is 0 Å². The van der Waals surface area contributed by atoms with E-state index in [0.717, 1.165) is 10.0 Å². The quantitative estimate of drug-likeness (QED) is 0.856. The Bertz CT molecular complexity index is 357. The highest BCUT2D eigenvalue weighted by Crippen LogP contribution is 2.24. The van der Waals surface area contributed by atoms with Crippen LogP contribution < -0.4 is 5.73 Å².